The molecule has 2 aromatic rings. The molecule has 6 nitrogen and oxygen atoms in total. The first kappa shape index (κ1) is 16.2. The number of amides is 2. The van der Waals surface area contributed by atoms with Crippen LogP contribution in [-0.4, -0.2) is 24.1 Å². The number of rotatable bonds is 6. The average molecular weight is 311 g/mol. The van der Waals surface area contributed by atoms with Crippen LogP contribution in [0.15, 0.2) is 64.3 Å². The molecule has 0 atom stereocenters. The van der Waals surface area contributed by atoms with Gasteiger partial charge in [0.2, 0.25) is 5.91 Å². The molecule has 1 heterocycles. The Bertz CT molecular complexity index is 704. The number of hydrazone groups is 1. The highest BCUT2D eigenvalue weighted by atomic mass is 16.3. The van der Waals surface area contributed by atoms with E-state index in [2.05, 4.69) is 15.8 Å². The maximum atomic E-state index is 11.6. The molecule has 0 radical (unpaired) electrons. The Morgan fingerprint density at radius 1 is 1.17 bits per heavy atom. The molecule has 2 N–H and O–H groups in total. The van der Waals surface area contributed by atoms with Crippen LogP contribution >= 0.6 is 0 Å². The van der Waals surface area contributed by atoms with E-state index in [9.17, 15) is 9.59 Å². The summed E-state index contributed by atoms with van der Waals surface area (Å²) in [4.78, 5) is 23.2. The summed E-state index contributed by atoms with van der Waals surface area (Å²) in [6.45, 7) is 1.55. The fraction of sp³-hybridized carbons (Fsp3) is 0.118. The number of carbonyl (C=O) groups is 2. The number of hydrogen-bond donors (Lipinski definition) is 2. The van der Waals surface area contributed by atoms with Crippen molar-refractivity contribution in [2.75, 3.05) is 6.54 Å². The van der Waals surface area contributed by atoms with E-state index in [1.165, 1.54) is 12.3 Å². The Balaban J connectivity index is 1.75. The van der Waals surface area contributed by atoms with Crippen molar-refractivity contribution in [3.63, 3.8) is 0 Å². The van der Waals surface area contributed by atoms with Crippen molar-refractivity contribution >= 4 is 23.6 Å². The Hall–Kier alpha value is -3.15. The lowest BCUT2D eigenvalue weighted by molar-refractivity contribution is -0.123. The summed E-state index contributed by atoms with van der Waals surface area (Å²) in [6.07, 6.45) is 4.57. The first-order valence-electron chi connectivity index (χ1n) is 7.03. The van der Waals surface area contributed by atoms with Gasteiger partial charge in [-0.2, -0.15) is 5.10 Å². The maximum absolute atomic E-state index is 11.6. The van der Waals surface area contributed by atoms with Gasteiger partial charge in [0.05, 0.1) is 12.8 Å². The van der Waals surface area contributed by atoms with Crippen LogP contribution in [0.3, 0.4) is 0 Å². The highest BCUT2D eigenvalue weighted by Gasteiger charge is 2.04. The van der Waals surface area contributed by atoms with Gasteiger partial charge in [-0.1, -0.05) is 30.3 Å². The van der Waals surface area contributed by atoms with Gasteiger partial charge in [0.15, 0.2) is 0 Å². The first-order chi connectivity index (χ1) is 11.1. The minimum Gasteiger partial charge on any atom is -0.463 e. The van der Waals surface area contributed by atoms with Crippen LogP contribution in [0.25, 0.3) is 6.08 Å². The number of nitrogens with one attached hydrogen (secondary N) is 2. The van der Waals surface area contributed by atoms with Gasteiger partial charge < -0.3 is 9.73 Å². The molecule has 0 aliphatic heterocycles. The lowest BCUT2D eigenvalue weighted by atomic mass is 10.2. The van der Waals surface area contributed by atoms with Crippen LogP contribution < -0.4 is 10.7 Å². The summed E-state index contributed by atoms with van der Waals surface area (Å²) >= 11 is 0. The molecule has 118 valence electrons. The minimum absolute atomic E-state index is 0.160. The van der Waals surface area contributed by atoms with Crippen molar-refractivity contribution in [1.82, 2.24) is 10.7 Å². The van der Waals surface area contributed by atoms with Crippen molar-refractivity contribution in [3.8, 4) is 0 Å². The van der Waals surface area contributed by atoms with Crippen LogP contribution in [0.5, 0.6) is 0 Å². The first-order valence-corrected chi connectivity index (χ1v) is 7.03. The topological polar surface area (TPSA) is 83.7 Å². The summed E-state index contributed by atoms with van der Waals surface area (Å²) in [5.41, 5.74) is 3.80. The number of furan rings is 1. The van der Waals surface area contributed by atoms with Gasteiger partial charge in [0, 0.05) is 6.08 Å². The average Bonchev–Trinajstić information content (AvgIpc) is 3.11. The lowest BCUT2D eigenvalue weighted by Gasteiger charge is -2.02. The molecule has 0 bridgehead atoms. The van der Waals surface area contributed by atoms with Crippen LogP contribution in [0.1, 0.15) is 18.2 Å². The SMILES string of the molecule is CC(=NNC(=O)CNC(=O)C=Cc1ccccc1)c1ccco1. The molecule has 0 saturated heterocycles. The summed E-state index contributed by atoms with van der Waals surface area (Å²) < 4.78 is 5.14. The highest BCUT2D eigenvalue weighted by molar-refractivity contribution is 5.97. The highest BCUT2D eigenvalue weighted by Crippen LogP contribution is 2.01. The predicted octanol–water partition coefficient (Wildman–Crippen LogP) is 1.95. The van der Waals surface area contributed by atoms with E-state index in [1.807, 2.05) is 30.3 Å². The van der Waals surface area contributed by atoms with Gasteiger partial charge in [-0.3, -0.25) is 9.59 Å². The van der Waals surface area contributed by atoms with Crippen molar-refractivity contribution in [2.24, 2.45) is 5.10 Å². The van der Waals surface area contributed by atoms with E-state index >= 15 is 0 Å². The summed E-state index contributed by atoms with van der Waals surface area (Å²) in [7, 11) is 0. The Kier molecular flexibility index (Phi) is 5.88. The standard InChI is InChI=1S/C17H17N3O3/c1-13(15-8-5-11-23-15)19-20-17(22)12-18-16(21)10-9-14-6-3-2-4-7-14/h2-11H,12H2,1H3,(H,18,21)(H,20,22). The van der Waals surface area contributed by atoms with Gasteiger partial charge in [-0.15, -0.1) is 0 Å². The number of benzene rings is 1. The zero-order valence-electron chi connectivity index (χ0n) is 12.7. The third kappa shape index (κ3) is 5.62. The van der Waals surface area contributed by atoms with Crippen molar-refractivity contribution in [1.29, 1.82) is 0 Å². The van der Waals surface area contributed by atoms with Crippen LogP contribution in [-0.2, 0) is 9.59 Å². The molecule has 0 aliphatic rings. The third-order valence-electron chi connectivity index (χ3n) is 2.88. The van der Waals surface area contributed by atoms with Gasteiger partial charge in [-0.05, 0) is 30.7 Å². The van der Waals surface area contributed by atoms with Gasteiger partial charge in [0.1, 0.15) is 11.5 Å². The van der Waals surface area contributed by atoms with Gasteiger partial charge >= 0.3 is 0 Å². The van der Waals surface area contributed by atoms with Crippen molar-refractivity contribution in [2.45, 2.75) is 6.92 Å². The number of carbonyl (C=O) groups excluding carboxylic acids is 2. The fourth-order valence-corrected chi connectivity index (χ4v) is 1.69. The van der Waals surface area contributed by atoms with E-state index in [1.54, 1.807) is 25.1 Å². The third-order valence-corrected chi connectivity index (χ3v) is 2.88. The van der Waals surface area contributed by atoms with Gasteiger partial charge in [-0.25, -0.2) is 5.43 Å². The smallest absolute Gasteiger partial charge is 0.259 e. The molecule has 6 heteroatoms. The molecule has 0 aliphatic carbocycles. The maximum Gasteiger partial charge on any atom is 0.259 e. The number of hydrogen-bond acceptors (Lipinski definition) is 4. The molecular weight excluding hydrogens is 294 g/mol. The summed E-state index contributed by atoms with van der Waals surface area (Å²) in [5.74, 6) is -0.201. The molecule has 1 aromatic heterocycles. The molecular formula is C17H17N3O3. The molecule has 2 rings (SSSR count). The normalized spacial score (nSPS) is 11.4. The summed E-state index contributed by atoms with van der Waals surface area (Å²) in [6, 6.07) is 12.9. The lowest BCUT2D eigenvalue weighted by Crippen LogP contribution is -2.34. The van der Waals surface area contributed by atoms with Crippen LogP contribution in [0, 0.1) is 0 Å². The second-order valence-electron chi connectivity index (χ2n) is 4.67. The molecule has 23 heavy (non-hydrogen) atoms. The van der Waals surface area contributed by atoms with Crippen molar-refractivity contribution < 1.29 is 14.0 Å². The monoisotopic (exact) mass is 311 g/mol. The van der Waals surface area contributed by atoms with E-state index in [0.29, 0.717) is 11.5 Å². The number of nitrogens with zero attached hydrogens (tertiary/aromatic N) is 1. The molecule has 0 unspecified atom stereocenters. The Labute approximate surface area is 133 Å². The molecule has 0 spiro atoms. The van der Waals surface area contributed by atoms with E-state index in [0.717, 1.165) is 5.56 Å². The largest absolute Gasteiger partial charge is 0.463 e. The predicted molar refractivity (Wildman–Crippen MR) is 87.5 cm³/mol. The van der Waals surface area contributed by atoms with E-state index in [-0.39, 0.29) is 12.5 Å². The van der Waals surface area contributed by atoms with Crippen molar-refractivity contribution in [3.05, 3.63) is 66.1 Å². The summed E-state index contributed by atoms with van der Waals surface area (Å²) in [5, 5.41) is 6.37. The minimum atomic E-state index is -0.419. The fourth-order valence-electron chi connectivity index (χ4n) is 1.69. The van der Waals surface area contributed by atoms with Gasteiger partial charge in [0.25, 0.3) is 5.91 Å². The second kappa shape index (κ2) is 8.33. The zero-order chi connectivity index (χ0) is 16.5. The quantitative estimate of drug-likeness (QED) is 0.486. The van der Waals surface area contributed by atoms with Crippen LogP contribution in [0.4, 0.5) is 0 Å². The van der Waals surface area contributed by atoms with Crippen LogP contribution in [0.2, 0.25) is 0 Å². The molecule has 0 fully saturated rings. The Morgan fingerprint density at radius 2 is 1.96 bits per heavy atom. The Morgan fingerprint density at radius 3 is 2.65 bits per heavy atom. The van der Waals surface area contributed by atoms with E-state index < -0.39 is 5.91 Å². The second-order valence-corrected chi connectivity index (χ2v) is 4.67. The molecule has 1 aromatic carbocycles. The molecule has 2 amide bonds. The zero-order valence-corrected chi connectivity index (χ0v) is 12.7. The van der Waals surface area contributed by atoms with E-state index in [4.69, 9.17) is 4.42 Å². The molecule has 0 saturated carbocycles.